The van der Waals surface area contributed by atoms with Gasteiger partial charge >= 0.3 is 0 Å². The zero-order valence-electron chi connectivity index (χ0n) is 11.2. The predicted octanol–water partition coefficient (Wildman–Crippen LogP) is 2.48. The first-order valence-electron chi connectivity index (χ1n) is 6.25. The van der Waals surface area contributed by atoms with Crippen molar-refractivity contribution in [3.8, 4) is 6.07 Å². The molecule has 2 rings (SSSR count). The molecule has 4 nitrogen and oxygen atoms in total. The molecule has 0 fully saturated rings. The molecule has 0 atom stereocenters. The Kier molecular flexibility index (Phi) is 3.57. The van der Waals surface area contributed by atoms with Crippen molar-refractivity contribution < 1.29 is 4.79 Å². The van der Waals surface area contributed by atoms with Crippen LogP contribution < -0.4 is 5.32 Å². The van der Waals surface area contributed by atoms with Crippen LogP contribution in [0.2, 0.25) is 0 Å². The van der Waals surface area contributed by atoms with Crippen molar-refractivity contribution in [2.45, 2.75) is 25.7 Å². The normalized spacial score (nSPS) is 11.2. The number of carbonyl (C=O) groups excluding carboxylic acids is 1. The van der Waals surface area contributed by atoms with Crippen LogP contribution in [0.5, 0.6) is 0 Å². The van der Waals surface area contributed by atoms with Crippen molar-refractivity contribution in [2.24, 2.45) is 0 Å². The van der Waals surface area contributed by atoms with Gasteiger partial charge in [-0.05, 0) is 11.6 Å². The van der Waals surface area contributed by atoms with E-state index in [0.717, 1.165) is 5.52 Å². The number of hydrogen-bond donors (Lipinski definition) is 2. The van der Waals surface area contributed by atoms with E-state index in [9.17, 15) is 4.79 Å². The zero-order chi connectivity index (χ0) is 13.9. The Morgan fingerprint density at radius 3 is 2.89 bits per heavy atom. The molecule has 0 saturated heterocycles. The number of hydrogen-bond acceptors (Lipinski definition) is 2. The number of amides is 1. The lowest BCUT2D eigenvalue weighted by Crippen LogP contribution is -2.36. The van der Waals surface area contributed by atoms with E-state index >= 15 is 0 Å². The Hall–Kier alpha value is -2.28. The summed E-state index contributed by atoms with van der Waals surface area (Å²) in [5.41, 5.74) is 2.07. The number of aromatic amines is 1. The zero-order valence-corrected chi connectivity index (χ0v) is 11.2. The van der Waals surface area contributed by atoms with E-state index in [4.69, 9.17) is 5.26 Å². The first-order chi connectivity index (χ1) is 9.04. The minimum atomic E-state index is -0.226. The van der Waals surface area contributed by atoms with Crippen LogP contribution in [0.4, 0.5) is 0 Å². The lowest BCUT2D eigenvalue weighted by atomic mass is 9.84. The van der Waals surface area contributed by atoms with Gasteiger partial charge in [0, 0.05) is 29.1 Å². The summed E-state index contributed by atoms with van der Waals surface area (Å²) in [7, 11) is 0. The SMILES string of the molecule is CC(C)(CNC(=O)CC#N)c1c[nH]c2ccccc12. The van der Waals surface area contributed by atoms with E-state index in [1.54, 1.807) is 0 Å². The number of benzene rings is 1. The molecule has 0 aliphatic rings. The van der Waals surface area contributed by atoms with E-state index in [1.807, 2.05) is 30.5 Å². The summed E-state index contributed by atoms with van der Waals surface area (Å²) < 4.78 is 0. The molecule has 0 aliphatic carbocycles. The van der Waals surface area contributed by atoms with Gasteiger partial charge in [0.05, 0.1) is 6.07 Å². The molecule has 98 valence electrons. The molecule has 0 bridgehead atoms. The molecule has 2 N–H and O–H groups in total. The fraction of sp³-hybridized carbons (Fsp3) is 0.333. The third-order valence-corrected chi connectivity index (χ3v) is 3.29. The lowest BCUT2D eigenvalue weighted by Gasteiger charge is -2.24. The molecule has 1 aromatic heterocycles. The molecule has 2 aromatic rings. The largest absolute Gasteiger partial charge is 0.361 e. The minimum absolute atomic E-state index is 0.0933. The van der Waals surface area contributed by atoms with Gasteiger partial charge in [-0.1, -0.05) is 32.0 Å². The van der Waals surface area contributed by atoms with Crippen LogP contribution in [0.15, 0.2) is 30.5 Å². The van der Waals surface area contributed by atoms with Gasteiger partial charge in [-0.2, -0.15) is 5.26 Å². The number of nitrogens with one attached hydrogen (secondary N) is 2. The number of carbonyl (C=O) groups is 1. The molecule has 0 unspecified atom stereocenters. The summed E-state index contributed by atoms with van der Waals surface area (Å²) in [6.07, 6.45) is 1.89. The monoisotopic (exact) mass is 255 g/mol. The molecular formula is C15H17N3O. The lowest BCUT2D eigenvalue weighted by molar-refractivity contribution is -0.120. The molecule has 0 saturated carbocycles. The highest BCUT2D eigenvalue weighted by molar-refractivity contribution is 5.84. The molecule has 19 heavy (non-hydrogen) atoms. The molecule has 1 amide bonds. The first-order valence-corrected chi connectivity index (χ1v) is 6.25. The maximum atomic E-state index is 11.4. The second-order valence-corrected chi connectivity index (χ2v) is 5.24. The Balaban J connectivity index is 2.20. The molecule has 0 spiro atoms. The van der Waals surface area contributed by atoms with Crippen molar-refractivity contribution in [1.82, 2.24) is 10.3 Å². The van der Waals surface area contributed by atoms with Gasteiger partial charge in [0.1, 0.15) is 6.42 Å². The third-order valence-electron chi connectivity index (χ3n) is 3.29. The Morgan fingerprint density at radius 2 is 2.16 bits per heavy atom. The Morgan fingerprint density at radius 1 is 1.42 bits per heavy atom. The number of nitriles is 1. The smallest absolute Gasteiger partial charge is 0.234 e. The highest BCUT2D eigenvalue weighted by Gasteiger charge is 2.24. The first kappa shape index (κ1) is 13.2. The number of nitrogens with zero attached hydrogens (tertiary/aromatic N) is 1. The van der Waals surface area contributed by atoms with Crippen molar-refractivity contribution >= 4 is 16.8 Å². The summed E-state index contributed by atoms with van der Waals surface area (Å²) in [6, 6.07) is 9.94. The molecule has 0 radical (unpaired) electrons. The van der Waals surface area contributed by atoms with Gasteiger partial charge in [0.15, 0.2) is 0 Å². The highest BCUT2D eigenvalue weighted by atomic mass is 16.1. The summed E-state index contributed by atoms with van der Waals surface area (Å²) in [5, 5.41) is 12.4. The van der Waals surface area contributed by atoms with Crippen LogP contribution in [0.25, 0.3) is 10.9 Å². The van der Waals surface area contributed by atoms with Gasteiger partial charge in [0.2, 0.25) is 5.91 Å². The number of H-pyrrole nitrogens is 1. The number of aromatic nitrogens is 1. The topological polar surface area (TPSA) is 68.7 Å². The van der Waals surface area contributed by atoms with Crippen molar-refractivity contribution in [3.05, 3.63) is 36.0 Å². The second-order valence-electron chi connectivity index (χ2n) is 5.24. The van der Waals surface area contributed by atoms with Crippen LogP contribution in [-0.4, -0.2) is 17.4 Å². The van der Waals surface area contributed by atoms with E-state index in [-0.39, 0.29) is 17.7 Å². The summed E-state index contributed by atoms with van der Waals surface area (Å²) in [4.78, 5) is 14.6. The Labute approximate surface area is 112 Å². The van der Waals surface area contributed by atoms with Crippen LogP contribution in [-0.2, 0) is 10.2 Å². The Bertz CT molecular complexity index is 634. The molecule has 1 heterocycles. The van der Waals surface area contributed by atoms with Crippen LogP contribution in [0.1, 0.15) is 25.8 Å². The fourth-order valence-electron chi connectivity index (χ4n) is 2.18. The average molecular weight is 255 g/mol. The number of rotatable bonds is 4. The van der Waals surface area contributed by atoms with Crippen molar-refractivity contribution in [1.29, 1.82) is 5.26 Å². The maximum absolute atomic E-state index is 11.4. The predicted molar refractivity (Wildman–Crippen MR) is 74.6 cm³/mol. The van der Waals surface area contributed by atoms with Crippen LogP contribution >= 0.6 is 0 Å². The van der Waals surface area contributed by atoms with Gasteiger partial charge in [-0.3, -0.25) is 4.79 Å². The minimum Gasteiger partial charge on any atom is -0.361 e. The number of fused-ring (bicyclic) bond motifs is 1. The van der Waals surface area contributed by atoms with Crippen LogP contribution in [0, 0.1) is 11.3 Å². The van der Waals surface area contributed by atoms with Crippen LogP contribution in [0.3, 0.4) is 0 Å². The van der Waals surface area contributed by atoms with Gasteiger partial charge in [-0.15, -0.1) is 0 Å². The van der Waals surface area contributed by atoms with E-state index in [1.165, 1.54) is 10.9 Å². The van der Waals surface area contributed by atoms with Gasteiger partial charge in [-0.25, -0.2) is 0 Å². The van der Waals surface area contributed by atoms with Crippen molar-refractivity contribution in [2.75, 3.05) is 6.54 Å². The summed E-state index contributed by atoms with van der Waals surface area (Å²) >= 11 is 0. The quantitative estimate of drug-likeness (QED) is 0.881. The summed E-state index contributed by atoms with van der Waals surface area (Å²) in [6.45, 7) is 4.67. The highest BCUT2D eigenvalue weighted by Crippen LogP contribution is 2.29. The van der Waals surface area contributed by atoms with E-state index < -0.39 is 0 Å². The molecular weight excluding hydrogens is 238 g/mol. The summed E-state index contributed by atoms with van der Waals surface area (Å²) in [5.74, 6) is -0.226. The maximum Gasteiger partial charge on any atom is 0.234 e. The third kappa shape index (κ3) is 2.76. The molecule has 1 aromatic carbocycles. The van der Waals surface area contributed by atoms with E-state index in [2.05, 4.69) is 30.2 Å². The standard InChI is InChI=1S/C15H17N3O/c1-15(2,10-18-14(19)7-8-16)12-9-17-13-6-4-3-5-11(12)13/h3-6,9,17H,7,10H2,1-2H3,(H,18,19). The van der Waals surface area contributed by atoms with Crippen molar-refractivity contribution in [3.63, 3.8) is 0 Å². The fourth-order valence-corrected chi connectivity index (χ4v) is 2.18. The van der Waals surface area contributed by atoms with Gasteiger partial charge < -0.3 is 10.3 Å². The van der Waals surface area contributed by atoms with Gasteiger partial charge in [0.25, 0.3) is 0 Å². The second kappa shape index (κ2) is 5.15. The number of para-hydroxylation sites is 1. The molecule has 4 heteroatoms. The average Bonchev–Trinajstić information content (AvgIpc) is 2.81. The van der Waals surface area contributed by atoms with E-state index in [0.29, 0.717) is 6.54 Å². The molecule has 0 aliphatic heterocycles.